The number of benzene rings is 1. The van der Waals surface area contributed by atoms with Crippen LogP contribution >= 0.6 is 34.4 Å². The zero-order valence-corrected chi connectivity index (χ0v) is 17.6. The maximum atomic E-state index is 12.6. The first kappa shape index (κ1) is 21.6. The Bertz CT molecular complexity index is 927. The normalized spacial score (nSPS) is 12.6. The molecule has 3 rings (SSSR count). The molecule has 2 heterocycles. The molecule has 29 heavy (non-hydrogen) atoms. The van der Waals surface area contributed by atoms with Gasteiger partial charge in [-0.3, -0.25) is 4.79 Å². The number of amides is 1. The maximum Gasteiger partial charge on any atom is 0.416 e. The van der Waals surface area contributed by atoms with Gasteiger partial charge in [0.25, 0.3) is 0 Å². The molecule has 0 saturated carbocycles. The molecule has 0 spiro atoms. The van der Waals surface area contributed by atoms with Crippen LogP contribution in [0.1, 0.15) is 17.4 Å². The molecule has 0 saturated heterocycles. The first-order chi connectivity index (χ1) is 13.8. The topological polar surface area (TPSA) is 66.9 Å². The van der Waals surface area contributed by atoms with Crippen molar-refractivity contribution in [3.8, 4) is 0 Å². The summed E-state index contributed by atoms with van der Waals surface area (Å²) in [5, 5.41) is 16.2. The van der Waals surface area contributed by atoms with Gasteiger partial charge in [0.15, 0.2) is 4.34 Å². The van der Waals surface area contributed by atoms with Crippen molar-refractivity contribution in [3.05, 3.63) is 52.2 Å². The fourth-order valence-corrected chi connectivity index (χ4v) is 4.90. The van der Waals surface area contributed by atoms with Crippen molar-refractivity contribution in [2.45, 2.75) is 29.1 Å². The molecule has 0 aliphatic heterocycles. The van der Waals surface area contributed by atoms with Crippen molar-refractivity contribution < 1.29 is 18.0 Å². The number of hydrogen-bond donors (Lipinski definition) is 2. The number of halogens is 3. The number of rotatable bonds is 8. The summed E-state index contributed by atoms with van der Waals surface area (Å²) in [7, 11) is 0. The molecule has 2 N–H and O–H groups in total. The van der Waals surface area contributed by atoms with Crippen LogP contribution in [0.4, 0.5) is 24.0 Å². The molecule has 11 heteroatoms. The molecule has 1 amide bonds. The van der Waals surface area contributed by atoms with Gasteiger partial charge in [-0.05, 0) is 49.1 Å². The third-order valence-corrected chi connectivity index (χ3v) is 6.76. The monoisotopic (exact) mass is 458 g/mol. The number of carbonyl (C=O) groups is 1. The number of anilines is 2. The summed E-state index contributed by atoms with van der Waals surface area (Å²) in [6.07, 6.45) is -3.51. The molecule has 3 aromatic rings. The second-order valence-electron chi connectivity index (χ2n) is 5.95. The number of alkyl halides is 3. The Balaban J connectivity index is 1.47. The third kappa shape index (κ3) is 6.44. The minimum atomic E-state index is -4.40. The SMILES string of the molecule is CC(Sc1nnc(NCCc2cccs2)s1)C(=O)Nc1ccc(C(F)(F)F)cc1. The van der Waals surface area contributed by atoms with Crippen molar-refractivity contribution in [1.29, 1.82) is 0 Å². The van der Waals surface area contributed by atoms with E-state index in [1.807, 2.05) is 11.4 Å². The van der Waals surface area contributed by atoms with E-state index in [0.29, 0.717) is 15.2 Å². The van der Waals surface area contributed by atoms with Gasteiger partial charge in [-0.15, -0.1) is 21.5 Å². The average molecular weight is 459 g/mol. The van der Waals surface area contributed by atoms with E-state index in [4.69, 9.17) is 0 Å². The Morgan fingerprint density at radius 3 is 2.62 bits per heavy atom. The van der Waals surface area contributed by atoms with Crippen molar-refractivity contribution in [1.82, 2.24) is 10.2 Å². The van der Waals surface area contributed by atoms with E-state index < -0.39 is 17.0 Å². The van der Waals surface area contributed by atoms with E-state index in [2.05, 4.69) is 26.9 Å². The van der Waals surface area contributed by atoms with E-state index in [1.165, 1.54) is 40.1 Å². The lowest BCUT2D eigenvalue weighted by molar-refractivity contribution is -0.137. The highest BCUT2D eigenvalue weighted by Gasteiger charge is 2.30. The smallest absolute Gasteiger partial charge is 0.360 e. The highest BCUT2D eigenvalue weighted by Crippen LogP contribution is 2.31. The van der Waals surface area contributed by atoms with Crippen LogP contribution in [0.3, 0.4) is 0 Å². The molecular formula is C18H17F3N4OS3. The van der Waals surface area contributed by atoms with Gasteiger partial charge in [-0.25, -0.2) is 0 Å². The third-order valence-electron chi connectivity index (χ3n) is 3.76. The van der Waals surface area contributed by atoms with Gasteiger partial charge in [0.1, 0.15) is 0 Å². The number of thioether (sulfide) groups is 1. The number of aromatic nitrogens is 2. The van der Waals surface area contributed by atoms with Gasteiger partial charge in [-0.2, -0.15) is 13.2 Å². The fourth-order valence-electron chi connectivity index (χ4n) is 2.27. The zero-order valence-electron chi connectivity index (χ0n) is 15.2. The highest BCUT2D eigenvalue weighted by molar-refractivity contribution is 8.02. The molecule has 0 aliphatic carbocycles. The number of thiophene rings is 1. The minimum absolute atomic E-state index is 0.309. The van der Waals surface area contributed by atoms with Gasteiger partial charge < -0.3 is 10.6 Å². The lowest BCUT2D eigenvalue weighted by Crippen LogP contribution is -2.22. The number of nitrogens with zero attached hydrogens (tertiary/aromatic N) is 2. The second kappa shape index (κ2) is 9.59. The summed E-state index contributed by atoms with van der Waals surface area (Å²) in [6.45, 7) is 2.44. The average Bonchev–Trinajstić information content (AvgIpc) is 3.34. The number of nitrogens with one attached hydrogen (secondary N) is 2. The Hall–Kier alpha value is -2.11. The molecule has 154 valence electrons. The van der Waals surface area contributed by atoms with Gasteiger partial charge in [0.2, 0.25) is 11.0 Å². The van der Waals surface area contributed by atoms with Gasteiger partial charge in [0, 0.05) is 17.1 Å². The number of hydrogen-bond acceptors (Lipinski definition) is 7. The van der Waals surface area contributed by atoms with Crippen LogP contribution in [0.25, 0.3) is 0 Å². The summed E-state index contributed by atoms with van der Waals surface area (Å²) in [5.41, 5.74) is -0.450. The predicted octanol–water partition coefficient (Wildman–Crippen LogP) is 5.39. The molecule has 1 unspecified atom stereocenters. The molecule has 0 fully saturated rings. The van der Waals surface area contributed by atoms with Crippen LogP contribution in [0.15, 0.2) is 46.1 Å². The first-order valence-corrected chi connectivity index (χ1v) is 11.1. The van der Waals surface area contributed by atoms with Crippen LogP contribution < -0.4 is 10.6 Å². The van der Waals surface area contributed by atoms with E-state index in [-0.39, 0.29) is 5.91 Å². The predicted molar refractivity (Wildman–Crippen MR) is 112 cm³/mol. The summed E-state index contributed by atoms with van der Waals surface area (Å²) in [6, 6.07) is 8.43. The van der Waals surface area contributed by atoms with Crippen molar-refractivity contribution in [2.75, 3.05) is 17.2 Å². The minimum Gasteiger partial charge on any atom is -0.360 e. The van der Waals surface area contributed by atoms with Crippen LogP contribution in [-0.4, -0.2) is 27.9 Å². The molecular weight excluding hydrogens is 441 g/mol. The van der Waals surface area contributed by atoms with E-state index in [1.54, 1.807) is 18.3 Å². The second-order valence-corrected chi connectivity index (χ2v) is 9.55. The molecule has 1 aromatic carbocycles. The Kier molecular flexibility index (Phi) is 7.14. The van der Waals surface area contributed by atoms with Crippen molar-refractivity contribution in [2.24, 2.45) is 0 Å². The Morgan fingerprint density at radius 1 is 1.21 bits per heavy atom. The van der Waals surface area contributed by atoms with Crippen molar-refractivity contribution in [3.63, 3.8) is 0 Å². The Morgan fingerprint density at radius 2 is 1.97 bits per heavy atom. The van der Waals surface area contributed by atoms with Gasteiger partial charge in [0.05, 0.1) is 10.8 Å². The standard InChI is InChI=1S/C18H17F3N4OS3/c1-11(15(26)23-13-6-4-12(5-7-13)18(19,20)21)28-17-25-24-16(29-17)22-9-8-14-3-2-10-27-14/h2-7,10-11H,8-9H2,1H3,(H,22,24)(H,23,26). The summed E-state index contributed by atoms with van der Waals surface area (Å²) >= 11 is 4.30. The fraction of sp³-hybridized carbons (Fsp3) is 0.278. The van der Waals surface area contributed by atoms with E-state index in [0.717, 1.165) is 25.1 Å². The van der Waals surface area contributed by atoms with Gasteiger partial charge >= 0.3 is 6.18 Å². The first-order valence-electron chi connectivity index (χ1n) is 8.56. The molecule has 2 aromatic heterocycles. The molecule has 0 bridgehead atoms. The van der Waals surface area contributed by atoms with Crippen LogP contribution in [-0.2, 0) is 17.4 Å². The lowest BCUT2D eigenvalue weighted by Gasteiger charge is -2.11. The quantitative estimate of drug-likeness (QED) is 0.443. The van der Waals surface area contributed by atoms with Crippen LogP contribution in [0.2, 0.25) is 0 Å². The van der Waals surface area contributed by atoms with Crippen LogP contribution in [0, 0.1) is 0 Å². The molecule has 1 atom stereocenters. The number of carbonyl (C=O) groups excluding carboxylic acids is 1. The summed E-state index contributed by atoms with van der Waals surface area (Å²) in [5.74, 6) is -0.322. The van der Waals surface area contributed by atoms with E-state index in [9.17, 15) is 18.0 Å². The summed E-state index contributed by atoms with van der Waals surface area (Å²) in [4.78, 5) is 13.6. The lowest BCUT2D eigenvalue weighted by atomic mass is 10.2. The Labute approximate surface area is 177 Å². The maximum absolute atomic E-state index is 12.6. The largest absolute Gasteiger partial charge is 0.416 e. The van der Waals surface area contributed by atoms with E-state index >= 15 is 0 Å². The highest BCUT2D eigenvalue weighted by atomic mass is 32.2. The molecule has 5 nitrogen and oxygen atoms in total. The zero-order chi connectivity index (χ0) is 20.9. The molecule has 0 aliphatic rings. The molecule has 0 radical (unpaired) electrons. The summed E-state index contributed by atoms with van der Waals surface area (Å²) < 4.78 is 38.4. The van der Waals surface area contributed by atoms with Crippen LogP contribution in [0.5, 0.6) is 0 Å². The van der Waals surface area contributed by atoms with Crippen molar-refractivity contribution >= 4 is 51.2 Å². The van der Waals surface area contributed by atoms with Gasteiger partial charge in [-0.1, -0.05) is 29.2 Å².